The zero-order valence-corrected chi connectivity index (χ0v) is 23.5. The molecule has 1 aromatic heterocycles. The fourth-order valence-electron chi connectivity index (χ4n) is 6.64. The molecule has 0 spiro atoms. The number of hydrogen-bond acceptors (Lipinski definition) is 3. The first-order valence-corrected chi connectivity index (χ1v) is 14.3. The molecule has 1 aliphatic carbocycles. The summed E-state index contributed by atoms with van der Waals surface area (Å²) in [6, 6.07) is 46.2. The number of hydrogen-bond donors (Lipinski definition) is 1. The third-order valence-electron chi connectivity index (χ3n) is 8.80. The van der Waals surface area contributed by atoms with Gasteiger partial charge in [-0.3, -0.25) is 0 Å². The molecule has 3 nitrogen and oxygen atoms in total. The molecule has 3 heteroatoms. The van der Waals surface area contributed by atoms with E-state index in [1.807, 2.05) is 36.4 Å². The van der Waals surface area contributed by atoms with Crippen LogP contribution in [-0.4, -0.2) is 5.11 Å². The number of anilines is 3. The summed E-state index contributed by atoms with van der Waals surface area (Å²) in [5, 5.41) is 13.7. The SMILES string of the molecule is CC1(C)c2ccccc2-c2ccc(N(c3ccc(-c4ccccc4)cc3)c3ccc4c(oc5ccccc54)c3O)cc21. The van der Waals surface area contributed by atoms with Crippen LogP contribution in [-0.2, 0) is 5.41 Å². The highest BCUT2D eigenvalue weighted by molar-refractivity contribution is 6.09. The van der Waals surface area contributed by atoms with Gasteiger partial charge in [-0.05, 0) is 75.8 Å². The molecule has 0 aliphatic heterocycles. The van der Waals surface area contributed by atoms with Crippen LogP contribution in [0.1, 0.15) is 25.0 Å². The van der Waals surface area contributed by atoms with Crippen LogP contribution in [0.3, 0.4) is 0 Å². The minimum Gasteiger partial charge on any atom is -0.503 e. The number of benzene rings is 6. The Hall–Kier alpha value is -5.28. The van der Waals surface area contributed by atoms with Crippen molar-refractivity contribution >= 4 is 39.0 Å². The minimum atomic E-state index is -0.143. The predicted molar refractivity (Wildman–Crippen MR) is 173 cm³/mol. The van der Waals surface area contributed by atoms with Crippen LogP contribution in [0.2, 0.25) is 0 Å². The molecule has 202 valence electrons. The van der Waals surface area contributed by atoms with Crippen LogP contribution < -0.4 is 4.90 Å². The van der Waals surface area contributed by atoms with E-state index >= 15 is 0 Å². The van der Waals surface area contributed by atoms with Gasteiger partial charge in [0.05, 0.1) is 5.69 Å². The highest BCUT2D eigenvalue weighted by Crippen LogP contribution is 2.52. The molecular weight excluding hydrogens is 514 g/mol. The maximum atomic E-state index is 11.8. The Balaban J connectivity index is 1.33. The van der Waals surface area contributed by atoms with E-state index in [4.69, 9.17) is 4.42 Å². The summed E-state index contributed by atoms with van der Waals surface area (Å²) in [6.07, 6.45) is 0. The molecule has 0 bridgehead atoms. The maximum absolute atomic E-state index is 11.8. The first-order chi connectivity index (χ1) is 20.5. The molecule has 0 unspecified atom stereocenters. The van der Waals surface area contributed by atoms with Crippen LogP contribution in [0.4, 0.5) is 17.1 Å². The van der Waals surface area contributed by atoms with Crippen LogP contribution in [0, 0.1) is 0 Å². The van der Waals surface area contributed by atoms with Crippen LogP contribution in [0.5, 0.6) is 5.75 Å². The number of para-hydroxylation sites is 1. The largest absolute Gasteiger partial charge is 0.503 e. The van der Waals surface area contributed by atoms with Gasteiger partial charge in [0.2, 0.25) is 0 Å². The number of aromatic hydroxyl groups is 1. The fraction of sp³-hybridized carbons (Fsp3) is 0.0769. The van der Waals surface area contributed by atoms with E-state index in [1.165, 1.54) is 27.8 Å². The minimum absolute atomic E-state index is 0.124. The number of rotatable bonds is 4. The van der Waals surface area contributed by atoms with Crippen LogP contribution in [0.25, 0.3) is 44.2 Å². The lowest BCUT2D eigenvalue weighted by molar-refractivity contribution is 0.470. The molecule has 0 fully saturated rings. The first-order valence-electron chi connectivity index (χ1n) is 14.3. The van der Waals surface area contributed by atoms with Crippen molar-refractivity contribution in [1.29, 1.82) is 0 Å². The number of fused-ring (bicyclic) bond motifs is 6. The average molecular weight is 544 g/mol. The van der Waals surface area contributed by atoms with Crippen molar-refractivity contribution in [2.75, 3.05) is 4.90 Å². The zero-order valence-electron chi connectivity index (χ0n) is 23.5. The van der Waals surface area contributed by atoms with Gasteiger partial charge in [-0.15, -0.1) is 0 Å². The molecule has 0 saturated carbocycles. The van der Waals surface area contributed by atoms with Gasteiger partial charge >= 0.3 is 0 Å². The Morgan fingerprint density at radius 3 is 2.07 bits per heavy atom. The molecule has 6 aromatic carbocycles. The Kier molecular flexibility index (Phi) is 5.32. The summed E-state index contributed by atoms with van der Waals surface area (Å²) in [4.78, 5) is 2.13. The lowest BCUT2D eigenvalue weighted by atomic mass is 9.82. The van der Waals surface area contributed by atoms with Crippen molar-refractivity contribution in [1.82, 2.24) is 0 Å². The van der Waals surface area contributed by atoms with Crippen molar-refractivity contribution in [2.45, 2.75) is 19.3 Å². The maximum Gasteiger partial charge on any atom is 0.183 e. The second kappa shape index (κ2) is 9.12. The third-order valence-corrected chi connectivity index (χ3v) is 8.80. The molecule has 1 aliphatic rings. The number of furan rings is 1. The quantitative estimate of drug-likeness (QED) is 0.240. The fourth-order valence-corrected chi connectivity index (χ4v) is 6.64. The molecule has 0 atom stereocenters. The molecule has 42 heavy (non-hydrogen) atoms. The highest BCUT2D eigenvalue weighted by Gasteiger charge is 2.36. The van der Waals surface area contributed by atoms with Crippen molar-refractivity contribution in [2.24, 2.45) is 0 Å². The van der Waals surface area contributed by atoms with E-state index in [1.54, 1.807) is 0 Å². The molecule has 0 radical (unpaired) electrons. The molecule has 0 amide bonds. The van der Waals surface area contributed by atoms with Gasteiger partial charge in [0.25, 0.3) is 0 Å². The van der Waals surface area contributed by atoms with Crippen LogP contribution in [0.15, 0.2) is 138 Å². The van der Waals surface area contributed by atoms with Crippen molar-refractivity contribution in [3.63, 3.8) is 0 Å². The standard InChI is InChI=1S/C39H29NO2/c1-39(2)33-14-8-6-12-29(33)30-21-20-28(24-34(30)39)40(27-18-16-26(17-19-27)25-10-4-3-5-11-25)35-23-22-32-31-13-7-9-15-36(31)42-38(32)37(35)41/h3-24,41H,1-2H3. The molecular formula is C39H29NO2. The van der Waals surface area contributed by atoms with Gasteiger partial charge in [-0.25, -0.2) is 0 Å². The lowest BCUT2D eigenvalue weighted by Gasteiger charge is -2.28. The highest BCUT2D eigenvalue weighted by atomic mass is 16.4. The van der Waals surface area contributed by atoms with E-state index in [2.05, 4.69) is 116 Å². The normalized spacial score (nSPS) is 13.3. The lowest BCUT2D eigenvalue weighted by Crippen LogP contribution is -2.16. The van der Waals surface area contributed by atoms with Gasteiger partial charge in [0.15, 0.2) is 11.3 Å². The molecule has 8 rings (SSSR count). The van der Waals surface area contributed by atoms with Crippen molar-refractivity contribution in [3.8, 4) is 28.0 Å². The topological polar surface area (TPSA) is 36.6 Å². The summed E-state index contributed by atoms with van der Waals surface area (Å²) in [5.41, 5.74) is 11.2. The van der Waals surface area contributed by atoms with Crippen LogP contribution >= 0.6 is 0 Å². The zero-order chi connectivity index (χ0) is 28.4. The summed E-state index contributed by atoms with van der Waals surface area (Å²) in [7, 11) is 0. The molecule has 0 saturated heterocycles. The van der Waals surface area contributed by atoms with Gasteiger partial charge in [-0.1, -0.05) is 105 Å². The summed E-state index contributed by atoms with van der Waals surface area (Å²) >= 11 is 0. The predicted octanol–water partition coefficient (Wildman–Crippen LogP) is 10.7. The van der Waals surface area contributed by atoms with E-state index < -0.39 is 0 Å². The Morgan fingerprint density at radius 1 is 0.571 bits per heavy atom. The second-order valence-corrected chi connectivity index (χ2v) is 11.6. The first kappa shape index (κ1) is 24.5. The monoisotopic (exact) mass is 543 g/mol. The number of nitrogens with zero attached hydrogens (tertiary/aromatic N) is 1. The molecule has 7 aromatic rings. The Labute approximate surface area is 244 Å². The van der Waals surface area contributed by atoms with Gasteiger partial charge in [0.1, 0.15) is 5.58 Å². The summed E-state index contributed by atoms with van der Waals surface area (Å²) in [6.45, 7) is 4.58. The average Bonchev–Trinajstić information content (AvgIpc) is 3.52. The number of phenolic OH excluding ortho intramolecular Hbond substituents is 1. The van der Waals surface area contributed by atoms with E-state index in [0.717, 1.165) is 33.3 Å². The molecule has 1 N–H and O–H groups in total. The van der Waals surface area contributed by atoms with Gasteiger partial charge in [-0.2, -0.15) is 0 Å². The Morgan fingerprint density at radius 2 is 1.24 bits per heavy atom. The van der Waals surface area contributed by atoms with Gasteiger partial charge < -0.3 is 14.4 Å². The van der Waals surface area contributed by atoms with Gasteiger partial charge in [0, 0.05) is 27.6 Å². The number of phenols is 1. The summed E-state index contributed by atoms with van der Waals surface area (Å²) in [5.74, 6) is 0.124. The third kappa shape index (κ3) is 3.60. The summed E-state index contributed by atoms with van der Waals surface area (Å²) < 4.78 is 6.20. The van der Waals surface area contributed by atoms with Crippen molar-refractivity contribution in [3.05, 3.63) is 145 Å². The smallest absolute Gasteiger partial charge is 0.183 e. The second-order valence-electron chi connectivity index (χ2n) is 11.6. The van der Waals surface area contributed by atoms with E-state index in [-0.39, 0.29) is 11.2 Å². The van der Waals surface area contributed by atoms with E-state index in [9.17, 15) is 5.11 Å². The van der Waals surface area contributed by atoms with E-state index in [0.29, 0.717) is 11.3 Å². The van der Waals surface area contributed by atoms with Crippen molar-refractivity contribution < 1.29 is 9.52 Å². The molecule has 1 heterocycles. The Bertz CT molecular complexity index is 2120.